The van der Waals surface area contributed by atoms with Crippen LogP contribution in [0.15, 0.2) is 18.2 Å². The minimum absolute atomic E-state index is 0.0211. The average Bonchev–Trinajstić information content (AvgIpc) is 2.45. The molecular formula is C15H23NO3. The highest BCUT2D eigenvalue weighted by Gasteiger charge is 2.15. The highest BCUT2D eigenvalue weighted by molar-refractivity contribution is 5.37. The third-order valence-corrected chi connectivity index (χ3v) is 3.47. The quantitative estimate of drug-likeness (QED) is 0.888. The van der Waals surface area contributed by atoms with Gasteiger partial charge in [0.25, 0.3) is 0 Å². The van der Waals surface area contributed by atoms with Gasteiger partial charge >= 0.3 is 0 Å². The second-order valence-electron chi connectivity index (χ2n) is 4.98. The van der Waals surface area contributed by atoms with Gasteiger partial charge < -0.3 is 19.9 Å². The monoisotopic (exact) mass is 265 g/mol. The first-order valence-corrected chi connectivity index (χ1v) is 6.82. The molecule has 0 spiro atoms. The number of benzene rings is 1. The molecule has 2 rings (SSSR count). The van der Waals surface area contributed by atoms with E-state index in [1.54, 1.807) is 7.11 Å². The maximum Gasteiger partial charge on any atom is 0.124 e. The predicted molar refractivity (Wildman–Crippen MR) is 74.2 cm³/mol. The van der Waals surface area contributed by atoms with Gasteiger partial charge in [-0.25, -0.2) is 0 Å². The van der Waals surface area contributed by atoms with Crippen molar-refractivity contribution in [3.8, 4) is 5.75 Å². The Hall–Kier alpha value is -1.10. The lowest BCUT2D eigenvalue weighted by atomic mass is 10.1. The molecule has 1 unspecified atom stereocenters. The lowest BCUT2D eigenvalue weighted by Crippen LogP contribution is -2.23. The average molecular weight is 265 g/mol. The molecule has 0 radical (unpaired) electrons. The van der Waals surface area contributed by atoms with Crippen LogP contribution in [-0.4, -0.2) is 26.4 Å². The van der Waals surface area contributed by atoms with E-state index >= 15 is 0 Å². The third kappa shape index (κ3) is 3.93. The maximum atomic E-state index is 5.95. The molecule has 0 bridgehead atoms. The van der Waals surface area contributed by atoms with Crippen LogP contribution in [0.2, 0.25) is 0 Å². The van der Waals surface area contributed by atoms with E-state index < -0.39 is 0 Å². The zero-order chi connectivity index (χ0) is 13.7. The summed E-state index contributed by atoms with van der Waals surface area (Å²) in [5, 5.41) is 0. The van der Waals surface area contributed by atoms with Gasteiger partial charge in [0.05, 0.1) is 19.8 Å². The molecule has 106 valence electrons. The zero-order valence-corrected chi connectivity index (χ0v) is 11.7. The van der Waals surface area contributed by atoms with Crippen LogP contribution in [0.3, 0.4) is 0 Å². The van der Waals surface area contributed by atoms with Crippen molar-refractivity contribution in [1.29, 1.82) is 0 Å². The van der Waals surface area contributed by atoms with Crippen molar-refractivity contribution >= 4 is 0 Å². The topological polar surface area (TPSA) is 53.7 Å². The second kappa shape index (κ2) is 6.89. The molecular weight excluding hydrogens is 242 g/mol. The maximum absolute atomic E-state index is 5.95. The van der Waals surface area contributed by atoms with Gasteiger partial charge in [-0.1, -0.05) is 6.07 Å². The number of nitrogens with two attached hydrogens (primary N) is 1. The van der Waals surface area contributed by atoms with Crippen LogP contribution >= 0.6 is 0 Å². The van der Waals surface area contributed by atoms with E-state index in [-0.39, 0.29) is 12.1 Å². The summed E-state index contributed by atoms with van der Waals surface area (Å²) in [5.41, 5.74) is 8.08. The Morgan fingerprint density at radius 2 is 2.11 bits per heavy atom. The Kier molecular flexibility index (Phi) is 5.19. The van der Waals surface area contributed by atoms with Crippen molar-refractivity contribution < 1.29 is 14.2 Å². The fraction of sp³-hybridized carbons (Fsp3) is 0.600. The number of hydrogen-bond acceptors (Lipinski definition) is 4. The molecule has 0 saturated carbocycles. The van der Waals surface area contributed by atoms with Gasteiger partial charge in [-0.05, 0) is 37.5 Å². The van der Waals surface area contributed by atoms with Gasteiger partial charge in [0.15, 0.2) is 0 Å². The summed E-state index contributed by atoms with van der Waals surface area (Å²) in [6, 6.07) is 6.05. The molecule has 1 aromatic rings. The van der Waals surface area contributed by atoms with Gasteiger partial charge in [-0.3, -0.25) is 0 Å². The molecule has 0 aliphatic carbocycles. The molecule has 1 saturated heterocycles. The summed E-state index contributed by atoms with van der Waals surface area (Å²) in [7, 11) is 1.68. The van der Waals surface area contributed by atoms with Gasteiger partial charge in [-0.15, -0.1) is 0 Å². The molecule has 1 atom stereocenters. The van der Waals surface area contributed by atoms with Crippen LogP contribution in [0.5, 0.6) is 5.75 Å². The van der Waals surface area contributed by atoms with Crippen molar-refractivity contribution in [2.75, 3.05) is 20.3 Å². The normalized spacial score (nSPS) is 18.3. The molecule has 1 aliphatic rings. The molecule has 4 nitrogen and oxygen atoms in total. The first-order chi connectivity index (χ1) is 9.20. The summed E-state index contributed by atoms with van der Waals surface area (Å²) in [4.78, 5) is 0. The van der Waals surface area contributed by atoms with Crippen LogP contribution in [0.25, 0.3) is 0 Å². The van der Waals surface area contributed by atoms with Crippen molar-refractivity contribution in [3.63, 3.8) is 0 Å². The summed E-state index contributed by atoms with van der Waals surface area (Å²) in [6.45, 7) is 4.13. The molecule has 0 aromatic heterocycles. The van der Waals surface area contributed by atoms with Crippen LogP contribution in [0.1, 0.15) is 36.9 Å². The first-order valence-electron chi connectivity index (χ1n) is 6.82. The smallest absolute Gasteiger partial charge is 0.124 e. The highest BCUT2D eigenvalue weighted by Crippen LogP contribution is 2.24. The largest absolute Gasteiger partial charge is 0.496 e. The molecule has 2 N–H and O–H groups in total. The highest BCUT2D eigenvalue weighted by atomic mass is 16.5. The van der Waals surface area contributed by atoms with Crippen LogP contribution in [0, 0.1) is 0 Å². The van der Waals surface area contributed by atoms with Gasteiger partial charge in [0.2, 0.25) is 0 Å². The van der Waals surface area contributed by atoms with Crippen LogP contribution < -0.4 is 10.5 Å². The van der Waals surface area contributed by atoms with Gasteiger partial charge in [0.1, 0.15) is 5.75 Å². The van der Waals surface area contributed by atoms with Gasteiger partial charge in [-0.2, -0.15) is 0 Å². The van der Waals surface area contributed by atoms with E-state index in [0.717, 1.165) is 42.9 Å². The Bertz CT molecular complexity index is 400. The molecule has 1 fully saturated rings. The summed E-state index contributed by atoms with van der Waals surface area (Å²) in [6.07, 6.45) is 2.22. The zero-order valence-electron chi connectivity index (χ0n) is 11.7. The summed E-state index contributed by atoms with van der Waals surface area (Å²) < 4.78 is 16.6. The molecule has 1 aliphatic heterocycles. The van der Waals surface area contributed by atoms with E-state index in [9.17, 15) is 0 Å². The van der Waals surface area contributed by atoms with E-state index in [0.29, 0.717) is 6.61 Å². The van der Waals surface area contributed by atoms with Crippen molar-refractivity contribution in [1.82, 2.24) is 0 Å². The first kappa shape index (κ1) is 14.3. The van der Waals surface area contributed by atoms with Gasteiger partial charge in [0, 0.05) is 24.8 Å². The second-order valence-corrected chi connectivity index (χ2v) is 4.98. The molecule has 4 heteroatoms. The number of methoxy groups -OCH3 is 1. The van der Waals surface area contributed by atoms with Crippen molar-refractivity contribution in [3.05, 3.63) is 29.3 Å². The van der Waals surface area contributed by atoms with E-state index in [2.05, 4.69) is 6.07 Å². The van der Waals surface area contributed by atoms with E-state index in [1.165, 1.54) is 0 Å². The number of rotatable bonds is 5. The summed E-state index contributed by atoms with van der Waals surface area (Å²) >= 11 is 0. The van der Waals surface area contributed by atoms with E-state index in [1.807, 2.05) is 19.1 Å². The predicted octanol–water partition coefficient (Wildman–Crippen LogP) is 2.41. The third-order valence-electron chi connectivity index (χ3n) is 3.47. The minimum Gasteiger partial charge on any atom is -0.496 e. The lowest BCUT2D eigenvalue weighted by molar-refractivity contribution is -0.0394. The Labute approximate surface area is 114 Å². The van der Waals surface area contributed by atoms with Crippen molar-refractivity contribution in [2.24, 2.45) is 5.73 Å². The SMILES string of the molecule is COc1ccc(C(C)N)cc1COC1CCOCC1. The Balaban J connectivity index is 2.02. The van der Waals surface area contributed by atoms with Crippen LogP contribution in [0.4, 0.5) is 0 Å². The minimum atomic E-state index is 0.0211. The summed E-state index contributed by atoms with van der Waals surface area (Å²) in [5.74, 6) is 0.858. The molecule has 0 amide bonds. The fourth-order valence-corrected chi connectivity index (χ4v) is 2.24. The standard InChI is InChI=1S/C15H23NO3/c1-11(16)12-3-4-15(17-2)13(9-12)10-19-14-5-7-18-8-6-14/h3-4,9,11,14H,5-8,10,16H2,1-2H3. The molecule has 1 aromatic carbocycles. The number of ether oxygens (including phenoxy) is 3. The van der Waals surface area contributed by atoms with Crippen LogP contribution in [-0.2, 0) is 16.1 Å². The molecule has 19 heavy (non-hydrogen) atoms. The fourth-order valence-electron chi connectivity index (χ4n) is 2.24. The van der Waals surface area contributed by atoms with Crippen molar-refractivity contribution in [2.45, 2.75) is 38.5 Å². The molecule has 1 heterocycles. The Morgan fingerprint density at radius 3 is 2.74 bits per heavy atom. The van der Waals surface area contributed by atoms with E-state index in [4.69, 9.17) is 19.9 Å². The Morgan fingerprint density at radius 1 is 1.37 bits per heavy atom. The lowest BCUT2D eigenvalue weighted by Gasteiger charge is -2.23. The number of hydrogen-bond donors (Lipinski definition) is 1.